The lowest BCUT2D eigenvalue weighted by Crippen LogP contribution is -2.31. The van der Waals surface area contributed by atoms with E-state index in [2.05, 4.69) is 168 Å². The van der Waals surface area contributed by atoms with Gasteiger partial charge in [-0.3, -0.25) is 4.57 Å². The van der Waals surface area contributed by atoms with Gasteiger partial charge >= 0.3 is 0 Å². The fraction of sp³-hybridized carbons (Fsp3) is 0.0208. The molecule has 0 N–H and O–H groups in total. The summed E-state index contributed by atoms with van der Waals surface area (Å²) in [4.78, 5) is 15.8. The summed E-state index contributed by atoms with van der Waals surface area (Å²) in [5.41, 5.74) is 16.8. The third-order valence-electron chi connectivity index (χ3n) is 11.4. The maximum Gasteiger partial charge on any atom is 0.235 e. The number of pyridine rings is 1. The van der Waals surface area contributed by atoms with Gasteiger partial charge in [0.1, 0.15) is 0 Å². The predicted octanol–water partition coefficient (Wildman–Crippen LogP) is 11.2. The van der Waals surface area contributed by atoms with E-state index in [0.29, 0.717) is 5.95 Å². The van der Waals surface area contributed by atoms with E-state index >= 15 is 0 Å². The van der Waals surface area contributed by atoms with Gasteiger partial charge in [0.25, 0.3) is 0 Å². The molecule has 2 aliphatic carbocycles. The van der Waals surface area contributed by atoms with Gasteiger partial charge in [-0.15, -0.1) is 0 Å². The molecule has 12 rings (SSSR count). The van der Waals surface area contributed by atoms with Crippen molar-refractivity contribution in [2.45, 2.75) is 5.41 Å². The molecule has 240 valence electrons. The molecule has 0 fully saturated rings. The zero-order valence-corrected chi connectivity index (χ0v) is 28.0. The fourth-order valence-electron chi connectivity index (χ4n) is 9.25. The minimum absolute atomic E-state index is 0.444. The van der Waals surface area contributed by atoms with Crippen molar-refractivity contribution < 1.29 is 0 Å². The number of hydrogen-bond donors (Lipinski definition) is 0. The lowest BCUT2D eigenvalue weighted by atomic mass is 9.62. The number of hydrogen-bond acceptors (Lipinski definition) is 3. The first-order chi connectivity index (χ1) is 25.8. The second-order valence-electron chi connectivity index (χ2n) is 14.0. The molecule has 0 atom stereocenters. The summed E-state index contributed by atoms with van der Waals surface area (Å²) in [6, 6.07) is 59.2. The third-order valence-corrected chi connectivity index (χ3v) is 11.4. The smallest absolute Gasteiger partial charge is 0.235 e. The van der Waals surface area contributed by atoms with E-state index in [0.717, 1.165) is 55.2 Å². The van der Waals surface area contributed by atoms with E-state index in [4.69, 9.17) is 15.0 Å². The van der Waals surface area contributed by atoms with Crippen LogP contribution < -0.4 is 0 Å². The van der Waals surface area contributed by atoms with Crippen LogP contribution >= 0.6 is 0 Å². The van der Waals surface area contributed by atoms with Crippen LogP contribution in [-0.4, -0.2) is 19.5 Å². The topological polar surface area (TPSA) is 43.6 Å². The molecule has 1 aromatic heterocycles. The zero-order valence-electron chi connectivity index (χ0n) is 28.0. The number of aromatic nitrogens is 4. The van der Waals surface area contributed by atoms with Crippen molar-refractivity contribution in [3.8, 4) is 50.7 Å². The number of para-hydroxylation sites is 3. The Morgan fingerprint density at radius 3 is 1.88 bits per heavy atom. The first-order valence-electron chi connectivity index (χ1n) is 17.8. The number of rotatable bonds is 2. The van der Waals surface area contributed by atoms with E-state index in [1.807, 2.05) is 6.07 Å². The Labute approximate surface area is 299 Å². The Morgan fingerprint density at radius 1 is 0.404 bits per heavy atom. The molecule has 2 bridgehead atoms. The SMILES string of the molecule is c1cc2cc(c1)C1(c3cc(-c4nc(-n5cc6c7ccccc7nc-6c6ccccc65)nc5ccccc45)ccc3-2)c2ccccc2-c2ccccc21. The molecule has 4 heteroatoms. The monoisotopic (exact) mass is 660 g/mol. The van der Waals surface area contributed by atoms with Gasteiger partial charge in [-0.25, -0.2) is 15.0 Å². The van der Waals surface area contributed by atoms with Gasteiger partial charge in [0.2, 0.25) is 5.95 Å². The average Bonchev–Trinajstić information content (AvgIpc) is 3.74. The number of fused-ring (bicyclic) bond motifs is 17. The van der Waals surface area contributed by atoms with Crippen molar-refractivity contribution in [2.24, 2.45) is 0 Å². The predicted molar refractivity (Wildman–Crippen MR) is 210 cm³/mol. The van der Waals surface area contributed by atoms with E-state index in [9.17, 15) is 0 Å². The average molecular weight is 661 g/mol. The van der Waals surface area contributed by atoms with Crippen LogP contribution in [0.1, 0.15) is 22.3 Å². The fourth-order valence-corrected chi connectivity index (χ4v) is 9.25. The normalized spacial score (nSPS) is 13.5. The summed E-state index contributed by atoms with van der Waals surface area (Å²) in [6.45, 7) is 0. The quantitative estimate of drug-likeness (QED) is 0.185. The highest BCUT2D eigenvalue weighted by atomic mass is 15.1. The molecular weight excluding hydrogens is 633 g/mol. The highest BCUT2D eigenvalue weighted by Gasteiger charge is 2.48. The van der Waals surface area contributed by atoms with E-state index in [1.165, 1.54) is 44.5 Å². The minimum Gasteiger partial charge on any atom is -0.285 e. The molecular formula is C48H28N4. The first-order valence-corrected chi connectivity index (χ1v) is 17.8. The molecule has 7 aromatic carbocycles. The van der Waals surface area contributed by atoms with E-state index in [1.54, 1.807) is 0 Å². The standard InChI is InChI=1S/C48H28N4/c1-6-19-39-33(14-1)34-15-2-7-20-40(34)48(39)31-13-11-12-29(26-31)32-25-24-30(27-41(32)48)45-36-17-4-9-22-43(36)50-47(51-45)52-28-38-35-16-3-8-21-42(35)49-46(38)37-18-5-10-23-44(37)52/h1-28H. The lowest BCUT2D eigenvalue weighted by Gasteiger charge is -2.39. The summed E-state index contributed by atoms with van der Waals surface area (Å²) < 4.78 is 2.15. The minimum atomic E-state index is -0.444. The number of benzene rings is 7. The Morgan fingerprint density at radius 2 is 1.08 bits per heavy atom. The molecule has 8 aromatic rings. The molecule has 0 saturated carbocycles. The highest BCUT2D eigenvalue weighted by Crippen LogP contribution is 2.60. The molecule has 1 spiro atoms. The summed E-state index contributed by atoms with van der Waals surface area (Å²) in [6.07, 6.45) is 2.17. The van der Waals surface area contributed by atoms with Crippen molar-refractivity contribution in [3.05, 3.63) is 192 Å². The van der Waals surface area contributed by atoms with Crippen molar-refractivity contribution in [2.75, 3.05) is 0 Å². The molecule has 0 radical (unpaired) electrons. The van der Waals surface area contributed by atoms with Crippen molar-refractivity contribution in [3.63, 3.8) is 0 Å². The third kappa shape index (κ3) is 3.53. The number of nitrogens with zero attached hydrogens (tertiary/aromatic N) is 4. The first kappa shape index (κ1) is 27.9. The van der Waals surface area contributed by atoms with Crippen LogP contribution in [0.15, 0.2) is 170 Å². The van der Waals surface area contributed by atoms with Crippen LogP contribution in [0.5, 0.6) is 0 Å². The maximum absolute atomic E-state index is 5.48. The highest BCUT2D eigenvalue weighted by molar-refractivity contribution is 6.07. The Kier molecular flexibility index (Phi) is 5.40. The molecule has 4 nitrogen and oxygen atoms in total. The molecule has 0 saturated heterocycles. The molecule has 3 heterocycles. The summed E-state index contributed by atoms with van der Waals surface area (Å²) in [7, 11) is 0. The van der Waals surface area contributed by atoms with Crippen LogP contribution in [0.3, 0.4) is 0 Å². The largest absolute Gasteiger partial charge is 0.285 e. The van der Waals surface area contributed by atoms with Gasteiger partial charge in [0.05, 0.1) is 33.4 Å². The Bertz CT molecular complexity index is 3050. The lowest BCUT2D eigenvalue weighted by molar-refractivity contribution is 0.763. The van der Waals surface area contributed by atoms with Crippen molar-refractivity contribution >= 4 is 32.7 Å². The second-order valence-corrected chi connectivity index (χ2v) is 14.0. The van der Waals surface area contributed by atoms with Crippen LogP contribution in [0.4, 0.5) is 0 Å². The molecule has 0 unspecified atom stereocenters. The van der Waals surface area contributed by atoms with Crippen LogP contribution in [0.25, 0.3) is 83.4 Å². The van der Waals surface area contributed by atoms with Crippen molar-refractivity contribution in [1.29, 1.82) is 0 Å². The molecule has 52 heavy (non-hydrogen) atoms. The second kappa shape index (κ2) is 10.1. The van der Waals surface area contributed by atoms with Crippen LogP contribution in [-0.2, 0) is 5.41 Å². The Hall–Kier alpha value is -6.91. The van der Waals surface area contributed by atoms with Gasteiger partial charge in [-0.1, -0.05) is 133 Å². The van der Waals surface area contributed by atoms with Crippen LogP contribution in [0, 0.1) is 0 Å². The van der Waals surface area contributed by atoms with Gasteiger partial charge in [-0.05, 0) is 74.8 Å². The summed E-state index contributed by atoms with van der Waals surface area (Å²) >= 11 is 0. The molecule has 2 aliphatic heterocycles. The Balaban J connectivity index is 1.15. The summed E-state index contributed by atoms with van der Waals surface area (Å²) in [5.74, 6) is 0.631. The maximum atomic E-state index is 5.48. The van der Waals surface area contributed by atoms with E-state index in [-0.39, 0.29) is 0 Å². The van der Waals surface area contributed by atoms with Gasteiger partial charge in [-0.2, -0.15) is 0 Å². The molecule has 4 aliphatic rings. The van der Waals surface area contributed by atoms with Gasteiger partial charge in [0.15, 0.2) is 0 Å². The van der Waals surface area contributed by atoms with Crippen LogP contribution in [0.2, 0.25) is 0 Å². The van der Waals surface area contributed by atoms with E-state index < -0.39 is 5.41 Å². The van der Waals surface area contributed by atoms with Gasteiger partial charge in [0, 0.05) is 33.5 Å². The zero-order chi connectivity index (χ0) is 34.0. The van der Waals surface area contributed by atoms with Gasteiger partial charge < -0.3 is 0 Å². The summed E-state index contributed by atoms with van der Waals surface area (Å²) in [5, 5.41) is 3.22. The molecule has 0 amide bonds. The van der Waals surface area contributed by atoms with Crippen molar-refractivity contribution in [1.82, 2.24) is 19.5 Å².